The highest BCUT2D eigenvalue weighted by atomic mass is 32.1. The van der Waals surface area contributed by atoms with Crippen molar-refractivity contribution >= 4 is 84.8 Å². The molecular weight excluding hydrogens is 661 g/mol. The van der Waals surface area contributed by atoms with E-state index in [4.69, 9.17) is 15.0 Å². The Morgan fingerprint density at radius 3 is 1.53 bits per heavy atom. The van der Waals surface area contributed by atoms with Crippen molar-refractivity contribution in [1.29, 1.82) is 0 Å². The SMILES string of the molecule is c1ccc(-c2nc(-c3ccccc3)nc(-c3cccc(-n4c5ccccc5c5c6c7ccccc7sc6c6sc7ccccc7c6c54)c3)n2)cc1. The van der Waals surface area contributed by atoms with E-state index >= 15 is 0 Å². The van der Waals surface area contributed by atoms with Gasteiger partial charge in [0.15, 0.2) is 17.5 Å². The molecule has 0 saturated carbocycles. The fourth-order valence-corrected chi connectivity index (χ4v) is 10.2. The van der Waals surface area contributed by atoms with Crippen LogP contribution in [0.5, 0.6) is 0 Å². The van der Waals surface area contributed by atoms with Crippen LogP contribution in [-0.4, -0.2) is 19.5 Å². The van der Waals surface area contributed by atoms with E-state index in [2.05, 4.69) is 102 Å². The molecule has 0 fully saturated rings. The summed E-state index contributed by atoms with van der Waals surface area (Å²) in [6.45, 7) is 0. The number of nitrogens with zero attached hydrogens (tertiary/aromatic N) is 4. The maximum Gasteiger partial charge on any atom is 0.164 e. The summed E-state index contributed by atoms with van der Waals surface area (Å²) in [5.41, 5.74) is 6.32. The summed E-state index contributed by atoms with van der Waals surface area (Å²) in [4.78, 5) is 15.1. The van der Waals surface area contributed by atoms with E-state index in [0.717, 1.165) is 22.4 Å². The number of para-hydroxylation sites is 1. The summed E-state index contributed by atoms with van der Waals surface area (Å²) in [6.07, 6.45) is 0. The van der Waals surface area contributed by atoms with E-state index in [9.17, 15) is 0 Å². The van der Waals surface area contributed by atoms with Crippen molar-refractivity contribution < 1.29 is 0 Å². The monoisotopic (exact) mass is 686 g/mol. The summed E-state index contributed by atoms with van der Waals surface area (Å²) in [7, 11) is 0. The van der Waals surface area contributed by atoms with Crippen molar-refractivity contribution in [3.8, 4) is 39.9 Å². The molecule has 4 aromatic heterocycles. The molecule has 11 rings (SSSR count). The van der Waals surface area contributed by atoms with Gasteiger partial charge in [-0.1, -0.05) is 127 Å². The Morgan fingerprint density at radius 1 is 0.392 bits per heavy atom. The Bertz CT molecular complexity index is 3080. The first-order valence-electron chi connectivity index (χ1n) is 17.0. The molecule has 4 heterocycles. The maximum absolute atomic E-state index is 5.07. The third-order valence-corrected chi connectivity index (χ3v) is 12.3. The van der Waals surface area contributed by atoms with Crippen molar-refractivity contribution in [3.63, 3.8) is 0 Å². The fourth-order valence-electron chi connectivity index (χ4n) is 7.61. The molecule has 0 amide bonds. The third kappa shape index (κ3) is 4.34. The van der Waals surface area contributed by atoms with E-state index in [1.54, 1.807) is 0 Å². The number of rotatable bonds is 4. The van der Waals surface area contributed by atoms with Gasteiger partial charge in [0.2, 0.25) is 0 Å². The summed E-state index contributed by atoms with van der Waals surface area (Å²) in [6, 6.07) is 55.6. The van der Waals surface area contributed by atoms with Gasteiger partial charge in [-0.3, -0.25) is 0 Å². The number of hydrogen-bond acceptors (Lipinski definition) is 5. The Labute approximate surface area is 300 Å². The van der Waals surface area contributed by atoms with Gasteiger partial charge in [-0.15, -0.1) is 22.7 Å². The Kier molecular flexibility index (Phi) is 6.26. The maximum atomic E-state index is 5.07. The molecule has 0 aliphatic rings. The van der Waals surface area contributed by atoms with E-state index in [1.165, 1.54) is 62.2 Å². The largest absolute Gasteiger partial charge is 0.309 e. The van der Waals surface area contributed by atoms with Crippen LogP contribution in [0.15, 0.2) is 158 Å². The van der Waals surface area contributed by atoms with Crippen LogP contribution in [0.3, 0.4) is 0 Å². The zero-order valence-corrected chi connectivity index (χ0v) is 28.7. The topological polar surface area (TPSA) is 43.6 Å². The number of benzene rings is 7. The van der Waals surface area contributed by atoms with Gasteiger partial charge in [0.1, 0.15) is 0 Å². The molecule has 0 saturated heterocycles. The normalized spacial score (nSPS) is 11.9. The van der Waals surface area contributed by atoms with Crippen LogP contribution in [-0.2, 0) is 0 Å². The summed E-state index contributed by atoms with van der Waals surface area (Å²) < 4.78 is 7.80. The first-order valence-corrected chi connectivity index (χ1v) is 18.6. The lowest BCUT2D eigenvalue weighted by molar-refractivity contribution is 1.07. The standard InChI is InChI=1S/C45H26N4S2/c1-3-14-27(15-4-1)43-46-44(28-16-5-2-6-17-28)48-45(47-43)29-18-13-19-30(26-29)49-34-23-10-7-20-31(34)37-38-32-21-8-11-24-35(32)50-41(38)42-39(40(37)49)33-22-9-12-25-36(33)51-42/h1-26H. The van der Waals surface area contributed by atoms with Crippen LogP contribution in [0.2, 0.25) is 0 Å². The lowest BCUT2D eigenvalue weighted by Crippen LogP contribution is -2.01. The van der Waals surface area contributed by atoms with Crippen molar-refractivity contribution in [3.05, 3.63) is 158 Å². The third-order valence-electron chi connectivity index (χ3n) is 9.82. The van der Waals surface area contributed by atoms with E-state index in [0.29, 0.717) is 17.5 Å². The fraction of sp³-hybridized carbons (Fsp3) is 0. The van der Waals surface area contributed by atoms with Crippen LogP contribution in [0.1, 0.15) is 0 Å². The van der Waals surface area contributed by atoms with Crippen LogP contribution >= 0.6 is 22.7 Å². The molecule has 0 N–H and O–H groups in total. The predicted octanol–water partition coefficient (Wildman–Crippen LogP) is 12.7. The molecule has 51 heavy (non-hydrogen) atoms. The molecule has 7 aromatic carbocycles. The van der Waals surface area contributed by atoms with Crippen molar-refractivity contribution in [2.75, 3.05) is 0 Å². The molecule has 0 unspecified atom stereocenters. The van der Waals surface area contributed by atoms with Crippen molar-refractivity contribution in [2.45, 2.75) is 0 Å². The zero-order valence-electron chi connectivity index (χ0n) is 27.1. The second-order valence-corrected chi connectivity index (χ2v) is 14.9. The second-order valence-electron chi connectivity index (χ2n) is 12.8. The molecule has 0 aliphatic heterocycles. The highest BCUT2D eigenvalue weighted by Gasteiger charge is 2.24. The van der Waals surface area contributed by atoms with Crippen LogP contribution in [0, 0.1) is 0 Å². The molecule has 0 atom stereocenters. The predicted molar refractivity (Wildman–Crippen MR) is 216 cm³/mol. The lowest BCUT2D eigenvalue weighted by atomic mass is 10.0. The molecule has 6 heteroatoms. The van der Waals surface area contributed by atoms with Gasteiger partial charge in [0.25, 0.3) is 0 Å². The molecule has 11 aromatic rings. The number of hydrogen-bond donors (Lipinski definition) is 0. The number of aromatic nitrogens is 4. The smallest absolute Gasteiger partial charge is 0.164 e. The van der Waals surface area contributed by atoms with Gasteiger partial charge in [0, 0.05) is 64.1 Å². The molecule has 0 aliphatic carbocycles. The summed E-state index contributed by atoms with van der Waals surface area (Å²) in [5.74, 6) is 1.95. The van der Waals surface area contributed by atoms with E-state index in [1.807, 2.05) is 83.3 Å². The molecule has 4 nitrogen and oxygen atoms in total. The molecule has 238 valence electrons. The average Bonchev–Trinajstić information content (AvgIpc) is 3.88. The Hall–Kier alpha value is -6.21. The molecule has 0 radical (unpaired) electrons. The van der Waals surface area contributed by atoms with E-state index < -0.39 is 0 Å². The molecule has 0 spiro atoms. The van der Waals surface area contributed by atoms with Crippen molar-refractivity contribution in [1.82, 2.24) is 19.5 Å². The van der Waals surface area contributed by atoms with E-state index in [-0.39, 0.29) is 0 Å². The Morgan fingerprint density at radius 2 is 0.882 bits per heavy atom. The minimum absolute atomic E-state index is 0.641. The number of thiophene rings is 2. The van der Waals surface area contributed by atoms with Gasteiger partial charge < -0.3 is 4.57 Å². The van der Waals surface area contributed by atoms with Crippen LogP contribution in [0.4, 0.5) is 0 Å². The molecular formula is C45H26N4S2. The van der Waals surface area contributed by atoms with Crippen LogP contribution in [0.25, 0.3) is 102 Å². The minimum Gasteiger partial charge on any atom is -0.309 e. The first kappa shape index (κ1) is 28.6. The zero-order chi connectivity index (χ0) is 33.5. The second kappa shape index (κ2) is 11.2. The average molecular weight is 687 g/mol. The summed E-state index contributed by atoms with van der Waals surface area (Å²) in [5, 5.41) is 7.81. The van der Waals surface area contributed by atoms with Crippen LogP contribution < -0.4 is 0 Å². The first-order chi connectivity index (χ1) is 25.3. The van der Waals surface area contributed by atoms with Gasteiger partial charge in [-0.2, -0.15) is 0 Å². The molecule has 0 bridgehead atoms. The van der Waals surface area contributed by atoms with Crippen molar-refractivity contribution in [2.24, 2.45) is 0 Å². The Balaban J connectivity index is 1.24. The minimum atomic E-state index is 0.641. The van der Waals surface area contributed by atoms with Gasteiger partial charge in [-0.05, 0) is 30.3 Å². The lowest BCUT2D eigenvalue weighted by Gasteiger charge is -2.12. The number of fused-ring (bicyclic) bond motifs is 12. The van der Waals surface area contributed by atoms with Gasteiger partial charge >= 0.3 is 0 Å². The highest BCUT2D eigenvalue weighted by molar-refractivity contribution is 7.33. The van der Waals surface area contributed by atoms with Gasteiger partial charge in [0.05, 0.1) is 20.4 Å². The highest BCUT2D eigenvalue weighted by Crippen LogP contribution is 2.52. The summed E-state index contributed by atoms with van der Waals surface area (Å²) >= 11 is 3.82. The van der Waals surface area contributed by atoms with Gasteiger partial charge in [-0.25, -0.2) is 15.0 Å². The quantitative estimate of drug-likeness (QED) is 0.185.